The predicted molar refractivity (Wildman–Crippen MR) is 85.5 cm³/mol. The van der Waals surface area contributed by atoms with E-state index in [-0.39, 0.29) is 23.5 Å². The molecule has 1 unspecified atom stereocenters. The number of nitrogens with one attached hydrogen (secondary N) is 1. The van der Waals surface area contributed by atoms with Crippen LogP contribution in [0.4, 0.5) is 4.39 Å². The second kappa shape index (κ2) is 7.69. The van der Waals surface area contributed by atoms with Crippen LogP contribution in [0.2, 0.25) is 0 Å². The first kappa shape index (κ1) is 17.6. The highest BCUT2D eigenvalue weighted by molar-refractivity contribution is 7.17. The number of hydrogen-bond acceptors (Lipinski definition) is 4. The van der Waals surface area contributed by atoms with Crippen LogP contribution in [0, 0.1) is 5.82 Å². The molecule has 0 bridgehead atoms. The number of amides is 1. The molecule has 8 heteroatoms. The first-order valence-corrected chi connectivity index (χ1v) is 7.79. The number of carbonyl (C=O) groups excluding carboxylic acids is 1. The van der Waals surface area contributed by atoms with Gasteiger partial charge in [-0.05, 0) is 36.2 Å². The molecule has 1 heterocycles. The average Bonchev–Trinajstić information content (AvgIpc) is 3.01. The van der Waals surface area contributed by atoms with Crippen molar-refractivity contribution in [1.29, 1.82) is 0 Å². The van der Waals surface area contributed by atoms with E-state index < -0.39 is 23.9 Å². The fraction of sp³-hybridized carbons (Fsp3) is 0.188. The Morgan fingerprint density at radius 1 is 1.08 bits per heavy atom. The molecule has 126 valence electrons. The molecule has 0 fully saturated rings. The Labute approximate surface area is 140 Å². The third-order valence-corrected chi connectivity index (χ3v) is 4.34. The Morgan fingerprint density at radius 2 is 1.75 bits per heavy atom. The lowest BCUT2D eigenvalue weighted by Crippen LogP contribution is -2.40. The molecule has 6 nitrogen and oxygen atoms in total. The van der Waals surface area contributed by atoms with Crippen molar-refractivity contribution in [1.82, 2.24) is 5.32 Å². The van der Waals surface area contributed by atoms with E-state index in [1.54, 1.807) is 18.2 Å². The zero-order chi connectivity index (χ0) is 17.7. The third-order valence-electron chi connectivity index (χ3n) is 3.21. The van der Waals surface area contributed by atoms with Crippen molar-refractivity contribution < 1.29 is 29.0 Å². The van der Waals surface area contributed by atoms with Gasteiger partial charge in [-0.1, -0.05) is 12.1 Å². The summed E-state index contributed by atoms with van der Waals surface area (Å²) in [5.74, 6) is -3.38. The molecule has 0 aliphatic carbocycles. The molecule has 1 atom stereocenters. The van der Waals surface area contributed by atoms with Gasteiger partial charge in [-0.2, -0.15) is 0 Å². The molecule has 2 aromatic rings. The van der Waals surface area contributed by atoms with E-state index in [2.05, 4.69) is 5.32 Å². The lowest BCUT2D eigenvalue weighted by Gasteiger charge is -2.12. The minimum Gasteiger partial charge on any atom is -0.481 e. The Hall–Kier alpha value is -2.74. The molecule has 0 aliphatic heterocycles. The van der Waals surface area contributed by atoms with Gasteiger partial charge in [0.25, 0.3) is 5.91 Å². The molecule has 0 radical (unpaired) electrons. The number of carbonyl (C=O) groups is 3. The standard InChI is InChI=1S/C16H14FNO5S/c17-10-3-1-9(2-4-10)12-6-7-13(24-12)15(21)18-11(16(22)23)5-8-14(19)20/h1-4,6-7,11H,5,8H2,(H,18,21)(H,19,20)(H,22,23). The van der Waals surface area contributed by atoms with Crippen LogP contribution in [-0.4, -0.2) is 34.1 Å². The molecular weight excluding hydrogens is 337 g/mol. The molecule has 0 saturated heterocycles. The highest BCUT2D eigenvalue weighted by Gasteiger charge is 2.22. The maximum absolute atomic E-state index is 12.9. The Balaban J connectivity index is 2.08. The first-order chi connectivity index (χ1) is 11.4. The average molecular weight is 351 g/mol. The lowest BCUT2D eigenvalue weighted by molar-refractivity contribution is -0.140. The van der Waals surface area contributed by atoms with Crippen molar-refractivity contribution in [3.05, 3.63) is 47.1 Å². The van der Waals surface area contributed by atoms with Gasteiger partial charge in [0.15, 0.2) is 0 Å². The number of aliphatic carboxylic acids is 2. The van der Waals surface area contributed by atoms with E-state index in [9.17, 15) is 18.8 Å². The van der Waals surface area contributed by atoms with Gasteiger partial charge in [-0.3, -0.25) is 9.59 Å². The van der Waals surface area contributed by atoms with E-state index in [4.69, 9.17) is 10.2 Å². The SMILES string of the molecule is O=C(O)CCC(NC(=O)c1ccc(-c2ccc(F)cc2)s1)C(=O)O. The van der Waals surface area contributed by atoms with E-state index in [0.717, 1.165) is 21.8 Å². The predicted octanol–water partition coefficient (Wildman–Crippen LogP) is 2.60. The Bertz CT molecular complexity index is 756. The topological polar surface area (TPSA) is 104 Å². The lowest BCUT2D eigenvalue weighted by atomic mass is 10.1. The van der Waals surface area contributed by atoms with Gasteiger partial charge >= 0.3 is 11.9 Å². The van der Waals surface area contributed by atoms with E-state index >= 15 is 0 Å². The number of halogens is 1. The number of thiophene rings is 1. The number of hydrogen-bond donors (Lipinski definition) is 3. The Kier molecular flexibility index (Phi) is 5.64. The highest BCUT2D eigenvalue weighted by Crippen LogP contribution is 2.28. The van der Waals surface area contributed by atoms with Crippen LogP contribution >= 0.6 is 11.3 Å². The summed E-state index contributed by atoms with van der Waals surface area (Å²) in [4.78, 5) is 34.8. The quantitative estimate of drug-likeness (QED) is 0.711. The second-order valence-corrected chi connectivity index (χ2v) is 6.05. The molecule has 3 N–H and O–H groups in total. The van der Waals surface area contributed by atoms with Crippen LogP contribution in [0.15, 0.2) is 36.4 Å². The molecule has 1 amide bonds. The van der Waals surface area contributed by atoms with Crippen LogP contribution in [0.1, 0.15) is 22.5 Å². The van der Waals surface area contributed by atoms with Crippen LogP contribution < -0.4 is 5.32 Å². The van der Waals surface area contributed by atoms with Gasteiger partial charge in [0.2, 0.25) is 0 Å². The van der Waals surface area contributed by atoms with E-state index in [1.165, 1.54) is 18.2 Å². The number of carboxylic acids is 2. The zero-order valence-electron chi connectivity index (χ0n) is 12.4. The van der Waals surface area contributed by atoms with E-state index in [0.29, 0.717) is 0 Å². The zero-order valence-corrected chi connectivity index (χ0v) is 13.2. The van der Waals surface area contributed by atoms with Crippen LogP contribution in [0.5, 0.6) is 0 Å². The second-order valence-electron chi connectivity index (χ2n) is 4.97. The van der Waals surface area contributed by atoms with Crippen molar-refractivity contribution in [3.63, 3.8) is 0 Å². The monoisotopic (exact) mass is 351 g/mol. The molecule has 2 rings (SSSR count). The van der Waals surface area contributed by atoms with Gasteiger partial charge in [0, 0.05) is 11.3 Å². The van der Waals surface area contributed by atoms with Crippen LogP contribution in [0.25, 0.3) is 10.4 Å². The Morgan fingerprint density at radius 3 is 2.33 bits per heavy atom. The number of carboxylic acid groups (broad SMARTS) is 2. The van der Waals surface area contributed by atoms with Gasteiger partial charge in [0.05, 0.1) is 4.88 Å². The van der Waals surface area contributed by atoms with Crippen LogP contribution in [-0.2, 0) is 9.59 Å². The fourth-order valence-electron chi connectivity index (χ4n) is 1.98. The largest absolute Gasteiger partial charge is 0.481 e. The summed E-state index contributed by atoms with van der Waals surface area (Å²) in [6, 6.07) is 7.72. The maximum Gasteiger partial charge on any atom is 0.326 e. The van der Waals surface area contributed by atoms with Crippen molar-refractivity contribution in [2.75, 3.05) is 0 Å². The third kappa shape index (κ3) is 4.63. The van der Waals surface area contributed by atoms with Crippen molar-refractivity contribution in [2.45, 2.75) is 18.9 Å². The molecule has 24 heavy (non-hydrogen) atoms. The summed E-state index contributed by atoms with van der Waals surface area (Å²) >= 11 is 1.13. The van der Waals surface area contributed by atoms with Gasteiger partial charge in [0.1, 0.15) is 11.9 Å². The first-order valence-electron chi connectivity index (χ1n) is 6.98. The summed E-state index contributed by atoms with van der Waals surface area (Å²) in [7, 11) is 0. The smallest absolute Gasteiger partial charge is 0.326 e. The number of benzene rings is 1. The minimum atomic E-state index is -1.29. The summed E-state index contributed by atoms with van der Waals surface area (Å²) in [5, 5.41) is 20.0. The molecule has 0 spiro atoms. The highest BCUT2D eigenvalue weighted by atomic mass is 32.1. The molecule has 0 saturated carbocycles. The summed E-state index contributed by atoms with van der Waals surface area (Å²) < 4.78 is 12.9. The van der Waals surface area contributed by atoms with Crippen molar-refractivity contribution in [3.8, 4) is 10.4 Å². The number of rotatable bonds is 7. The molecule has 1 aromatic heterocycles. The van der Waals surface area contributed by atoms with Gasteiger partial charge < -0.3 is 15.5 Å². The summed E-state index contributed by atoms with van der Waals surface area (Å²) in [5.41, 5.74) is 0.737. The normalized spacial score (nSPS) is 11.7. The maximum atomic E-state index is 12.9. The van der Waals surface area contributed by atoms with Crippen molar-refractivity contribution in [2.24, 2.45) is 0 Å². The van der Waals surface area contributed by atoms with Crippen molar-refractivity contribution >= 4 is 29.2 Å². The molecular formula is C16H14FNO5S. The van der Waals surface area contributed by atoms with Crippen LogP contribution in [0.3, 0.4) is 0 Å². The fourth-order valence-corrected chi connectivity index (χ4v) is 2.90. The summed E-state index contributed by atoms with van der Waals surface area (Å²) in [6.07, 6.45) is -0.560. The van der Waals surface area contributed by atoms with Gasteiger partial charge in [-0.25, -0.2) is 9.18 Å². The molecule has 0 aliphatic rings. The van der Waals surface area contributed by atoms with Gasteiger partial charge in [-0.15, -0.1) is 11.3 Å². The van der Waals surface area contributed by atoms with E-state index in [1.807, 2.05) is 0 Å². The molecule has 1 aromatic carbocycles. The minimum absolute atomic E-state index is 0.202. The summed E-state index contributed by atoms with van der Waals surface area (Å²) in [6.45, 7) is 0.